The van der Waals surface area contributed by atoms with Crippen molar-refractivity contribution in [1.82, 2.24) is 0 Å². The van der Waals surface area contributed by atoms with Crippen molar-refractivity contribution in [3.05, 3.63) is 106 Å². The van der Waals surface area contributed by atoms with Crippen LogP contribution in [0.5, 0.6) is 0 Å². The molecule has 0 aliphatic carbocycles. The zero-order valence-electron chi connectivity index (χ0n) is 13.4. The zero-order valence-corrected chi connectivity index (χ0v) is 16.8. The Hall–Kier alpha value is -0.997. The van der Waals surface area contributed by atoms with Gasteiger partial charge in [-0.2, -0.15) is 0 Å². The largest absolute Gasteiger partial charge is 0.102 e. The normalized spacial score (nSPS) is 9.00. The van der Waals surface area contributed by atoms with Crippen LogP contribution in [0.2, 0.25) is 0 Å². The van der Waals surface area contributed by atoms with Crippen LogP contribution in [-0.4, -0.2) is 0 Å². The first kappa shape index (κ1) is 22.0. The molecular weight excluding hydrogens is 410 g/mol. The second-order valence-corrected chi connectivity index (χ2v) is 6.96. The van der Waals surface area contributed by atoms with E-state index in [-0.39, 0.29) is 14.9 Å². The second-order valence-electron chi connectivity index (χ2n) is 4.47. The van der Waals surface area contributed by atoms with E-state index in [1.807, 2.05) is 17.3 Å². The maximum atomic E-state index is 4.53. The molecule has 0 unspecified atom stereocenters. The summed E-state index contributed by atoms with van der Waals surface area (Å²) >= 11 is 2.02. The molecule has 0 N–H and O–H groups in total. The van der Waals surface area contributed by atoms with Gasteiger partial charge in [0.1, 0.15) is 15.9 Å². The van der Waals surface area contributed by atoms with Crippen LogP contribution in [0.1, 0.15) is 0 Å². The van der Waals surface area contributed by atoms with Gasteiger partial charge < -0.3 is 14.9 Å². The molecule has 0 heterocycles. The van der Waals surface area contributed by atoms with Crippen LogP contribution >= 0.6 is 17.6 Å². The molecule has 3 heteroatoms. The molecule has 3 rings (SSSR count). The van der Waals surface area contributed by atoms with Crippen molar-refractivity contribution < 1.29 is 17.3 Å². The van der Waals surface area contributed by atoms with Gasteiger partial charge in [0.05, 0.1) is 7.92 Å². The van der Waals surface area contributed by atoms with Gasteiger partial charge in [0.15, 0.2) is 0 Å². The predicted molar refractivity (Wildman–Crippen MR) is 105 cm³/mol. The minimum absolute atomic E-state index is 0. The van der Waals surface area contributed by atoms with Gasteiger partial charge in [-0.3, -0.25) is 0 Å². The summed E-state index contributed by atoms with van der Waals surface area (Å²) in [7, 11) is 3.65. The Morgan fingerprint density at radius 1 is 0.478 bits per heavy atom. The van der Waals surface area contributed by atoms with E-state index in [1.165, 1.54) is 15.9 Å². The summed E-state index contributed by atoms with van der Waals surface area (Å²) in [6.07, 6.45) is 0. The van der Waals surface area contributed by atoms with Crippen molar-refractivity contribution in [2.75, 3.05) is 0 Å². The van der Waals surface area contributed by atoms with Gasteiger partial charge in [-0.1, -0.05) is 54.6 Å². The smallest absolute Gasteiger partial charge is 0.0620 e. The molecule has 0 aliphatic rings. The Morgan fingerprint density at radius 3 is 0.913 bits per heavy atom. The monoisotopic (exact) mass is 431 g/mol. The van der Waals surface area contributed by atoms with E-state index >= 15 is 0 Å². The fourth-order valence-electron chi connectivity index (χ4n) is 2.31. The van der Waals surface area contributed by atoms with E-state index < -0.39 is 7.92 Å². The summed E-state index contributed by atoms with van der Waals surface area (Å²) in [6.45, 7) is 0. The minimum atomic E-state index is -0.877. The van der Waals surface area contributed by atoms with Gasteiger partial charge in [-0.25, -0.2) is 0 Å². The van der Waals surface area contributed by atoms with Crippen molar-refractivity contribution in [2.45, 2.75) is 0 Å². The molecule has 0 saturated heterocycles. The summed E-state index contributed by atoms with van der Waals surface area (Å²) in [4.78, 5) is 0. The van der Waals surface area contributed by atoms with Crippen LogP contribution < -0.4 is 15.9 Å². The van der Waals surface area contributed by atoms with Crippen molar-refractivity contribution in [1.29, 1.82) is 0 Å². The molecule has 23 heavy (non-hydrogen) atoms. The Balaban J connectivity index is 0.00000117. The Labute approximate surface area is 156 Å². The number of hydrogen-bond donors (Lipinski definition) is 0. The average Bonchev–Trinajstić information content (AvgIpc) is 2.60. The molecule has 0 saturated carbocycles. The van der Waals surface area contributed by atoms with Gasteiger partial charge in [0, 0.05) is 0 Å². The molecule has 0 bridgehead atoms. The number of hydrogen-bond acceptors (Lipinski definition) is 0. The molecule has 0 radical (unpaired) electrons. The van der Waals surface area contributed by atoms with Crippen molar-refractivity contribution >= 4 is 33.5 Å². The molecule has 3 aromatic carbocycles. The Morgan fingerprint density at radius 2 is 0.696 bits per heavy atom. The minimum Gasteiger partial charge on any atom is -0.0620 e. The predicted octanol–water partition coefficient (Wildman–Crippen LogP) is 4.76. The molecule has 122 valence electrons. The van der Waals surface area contributed by atoms with Gasteiger partial charge in [-0.05, 0) is 36.4 Å². The van der Waals surface area contributed by atoms with Crippen LogP contribution in [0.3, 0.4) is 0 Å². The standard InChI is InChI=1S/C18H15P.2CH3.ClH.Rh/c1-4-10-16(11-5-1)19(17-12-6-2-7-13-17)18-14-8-3-9-15-18;;;;/h1-15H;2*1H3;1H;/q;2*-1;;+3. The number of halogens is 1. The molecule has 0 nitrogen and oxygen atoms in total. The topological polar surface area (TPSA) is 0 Å². The van der Waals surface area contributed by atoms with E-state index in [4.69, 9.17) is 0 Å². The van der Waals surface area contributed by atoms with Crippen LogP contribution in [0.25, 0.3) is 0 Å². The summed E-state index contributed by atoms with van der Waals surface area (Å²) in [6, 6.07) is 32.5. The zero-order chi connectivity index (χ0) is 14.9. The van der Waals surface area contributed by atoms with Crippen LogP contribution in [-0.2, 0) is 17.3 Å². The fourth-order valence-corrected chi connectivity index (χ4v) is 4.89. The average molecular weight is 432 g/mol. The molecule has 0 atom stereocenters. The summed E-state index contributed by atoms with van der Waals surface area (Å²) in [5, 5.41) is 4.31. The molecular formula is C20H22ClPRh+. The van der Waals surface area contributed by atoms with E-state index in [2.05, 4.69) is 101 Å². The fraction of sp³-hybridized carbons (Fsp3) is 0. The van der Waals surface area contributed by atoms with Gasteiger partial charge >= 0.3 is 27.0 Å². The van der Waals surface area contributed by atoms with Crippen molar-refractivity contribution in [2.24, 2.45) is 0 Å². The molecule has 0 aromatic heterocycles. The van der Waals surface area contributed by atoms with E-state index in [1.54, 1.807) is 0 Å². The molecule has 0 fully saturated rings. The second kappa shape index (κ2) is 12.4. The van der Waals surface area contributed by atoms with Crippen molar-refractivity contribution in [3.63, 3.8) is 0 Å². The molecule has 0 amide bonds. The number of rotatable bonds is 3. The Bertz CT molecular complexity index is 536. The van der Waals surface area contributed by atoms with E-state index in [0.29, 0.717) is 0 Å². The first-order valence-corrected chi connectivity index (χ1v) is 10.2. The quantitative estimate of drug-likeness (QED) is 0.318. The third-order valence-electron chi connectivity index (χ3n) is 3.19. The van der Waals surface area contributed by atoms with Crippen molar-refractivity contribution in [3.8, 4) is 0 Å². The first-order chi connectivity index (χ1) is 10.4. The maximum absolute atomic E-state index is 4.53. The van der Waals surface area contributed by atoms with Gasteiger partial charge in [-0.15, -0.1) is 0 Å². The van der Waals surface area contributed by atoms with Crippen LogP contribution in [0.15, 0.2) is 91.0 Å². The maximum Gasteiger partial charge on any atom is 0.102 e. The summed E-state index contributed by atoms with van der Waals surface area (Å²) < 4.78 is 0. The molecule has 0 aliphatic heterocycles. The van der Waals surface area contributed by atoms with E-state index in [0.717, 1.165) is 0 Å². The Kier molecular flexibility index (Phi) is 11.9. The molecule has 0 spiro atoms. The van der Waals surface area contributed by atoms with Gasteiger partial charge in [0.2, 0.25) is 0 Å². The summed E-state index contributed by atoms with van der Waals surface area (Å²) in [5.74, 6) is 0. The van der Waals surface area contributed by atoms with Crippen LogP contribution in [0, 0.1) is 14.9 Å². The van der Waals surface area contributed by atoms with Crippen LogP contribution in [0.4, 0.5) is 0 Å². The SMILES string of the molecule is [CH3-].[CH3-].[Cl][Rh+2].c1ccc([PH+](c2ccccc2)c2ccccc2)cc1. The van der Waals surface area contributed by atoms with E-state index in [9.17, 15) is 0 Å². The van der Waals surface area contributed by atoms with Gasteiger partial charge in [0.25, 0.3) is 0 Å². The third-order valence-corrected chi connectivity index (χ3v) is 5.92. The molecule has 3 aromatic rings. The first-order valence-electron chi connectivity index (χ1n) is 6.61. The number of benzene rings is 3. The summed E-state index contributed by atoms with van der Waals surface area (Å²) in [5.41, 5.74) is 0. The third kappa shape index (κ3) is 6.19.